The van der Waals surface area contributed by atoms with Crippen LogP contribution in [0.25, 0.3) is 11.0 Å². The summed E-state index contributed by atoms with van der Waals surface area (Å²) in [6, 6.07) is 14.1. The maximum absolute atomic E-state index is 12.0. The Morgan fingerprint density at radius 3 is 2.38 bits per heavy atom. The van der Waals surface area contributed by atoms with Gasteiger partial charge in [-0.1, -0.05) is 18.2 Å². The quantitative estimate of drug-likeness (QED) is 0.533. The fourth-order valence-corrected chi connectivity index (χ4v) is 3.26. The molecule has 3 rings (SSSR count). The van der Waals surface area contributed by atoms with Gasteiger partial charge in [-0.25, -0.2) is 4.79 Å². The molecule has 0 aliphatic rings. The molecule has 0 fully saturated rings. The van der Waals surface area contributed by atoms with Crippen molar-refractivity contribution in [1.82, 2.24) is 14.5 Å². The van der Waals surface area contributed by atoms with Gasteiger partial charge in [0.05, 0.1) is 17.1 Å². The van der Waals surface area contributed by atoms with E-state index in [-0.39, 0.29) is 5.69 Å². The number of ether oxygens (including phenoxy) is 2. The van der Waals surface area contributed by atoms with Gasteiger partial charge in [-0.05, 0) is 62.2 Å². The predicted octanol–water partition coefficient (Wildman–Crippen LogP) is 3.36. The van der Waals surface area contributed by atoms with Crippen LogP contribution in [0.5, 0.6) is 5.75 Å². The number of imidazole rings is 1. The molecular weight excluding hydrogens is 366 g/mol. The summed E-state index contributed by atoms with van der Waals surface area (Å²) in [6.45, 7) is 7.14. The van der Waals surface area contributed by atoms with Crippen molar-refractivity contribution in [2.45, 2.75) is 39.5 Å². The highest BCUT2D eigenvalue weighted by atomic mass is 16.5. The lowest BCUT2D eigenvalue weighted by Crippen LogP contribution is -2.19. The number of benzene rings is 2. The maximum Gasteiger partial charge on any atom is 0.328 e. The normalized spacial score (nSPS) is 11.5. The largest absolute Gasteiger partial charge is 0.489 e. The lowest BCUT2D eigenvalue weighted by Gasteiger charge is -2.10. The van der Waals surface area contributed by atoms with Gasteiger partial charge in [-0.3, -0.25) is 9.13 Å². The molecule has 0 saturated carbocycles. The van der Waals surface area contributed by atoms with E-state index >= 15 is 0 Å². The van der Waals surface area contributed by atoms with E-state index in [1.54, 1.807) is 23.2 Å². The van der Waals surface area contributed by atoms with Crippen molar-refractivity contribution in [1.29, 1.82) is 0 Å². The number of hydrogen-bond donors (Lipinski definition) is 1. The number of rotatable bonds is 10. The van der Waals surface area contributed by atoms with E-state index in [1.165, 1.54) is 5.56 Å². The average Bonchev–Trinajstić information content (AvgIpc) is 2.93. The number of nitrogens with zero attached hydrogens (tertiary/aromatic N) is 2. The molecule has 0 aliphatic heterocycles. The van der Waals surface area contributed by atoms with E-state index in [0.717, 1.165) is 48.5 Å². The van der Waals surface area contributed by atoms with Crippen LogP contribution in [0.4, 0.5) is 0 Å². The van der Waals surface area contributed by atoms with Gasteiger partial charge in [0.15, 0.2) is 0 Å². The van der Waals surface area contributed by atoms with E-state index in [9.17, 15) is 4.79 Å². The molecule has 0 saturated heterocycles. The number of hydrogen-bond acceptors (Lipinski definition) is 4. The number of aromatic nitrogens is 2. The van der Waals surface area contributed by atoms with E-state index in [4.69, 9.17) is 9.47 Å². The highest BCUT2D eigenvalue weighted by Crippen LogP contribution is 2.17. The molecule has 156 valence electrons. The van der Waals surface area contributed by atoms with Crippen molar-refractivity contribution in [3.05, 3.63) is 64.1 Å². The summed E-state index contributed by atoms with van der Waals surface area (Å²) in [6.07, 6.45) is 1.31. The second-order valence-corrected chi connectivity index (χ2v) is 7.61. The minimum absolute atomic E-state index is 0.0188. The molecule has 1 aromatic heterocycles. The van der Waals surface area contributed by atoms with E-state index in [2.05, 4.69) is 31.3 Å². The standard InChI is InChI=1S/C23H31N3O3/c1-17(2)28-13-5-12-24-15-18-6-9-20(10-7-18)29-16-19-8-11-21-22(14-19)26(4)23(27)25(21)3/h6-11,14,17,24H,5,12-13,15-16H2,1-4H3. The van der Waals surface area contributed by atoms with Crippen LogP contribution in [0.1, 0.15) is 31.4 Å². The van der Waals surface area contributed by atoms with Crippen molar-refractivity contribution in [3.63, 3.8) is 0 Å². The molecule has 2 aromatic carbocycles. The summed E-state index contributed by atoms with van der Waals surface area (Å²) >= 11 is 0. The van der Waals surface area contributed by atoms with Crippen LogP contribution >= 0.6 is 0 Å². The summed E-state index contributed by atoms with van der Waals surface area (Å²) in [5.41, 5.74) is 4.08. The zero-order chi connectivity index (χ0) is 20.8. The Balaban J connectivity index is 1.48. The summed E-state index contributed by atoms with van der Waals surface area (Å²) < 4.78 is 14.8. The SMILES string of the molecule is CC(C)OCCCNCc1ccc(OCc2ccc3c(c2)n(C)c(=O)n3C)cc1. The molecule has 0 amide bonds. The third-order valence-electron chi connectivity index (χ3n) is 4.94. The predicted molar refractivity (Wildman–Crippen MR) is 116 cm³/mol. The smallest absolute Gasteiger partial charge is 0.328 e. The van der Waals surface area contributed by atoms with Crippen LogP contribution in [0.3, 0.4) is 0 Å². The summed E-state index contributed by atoms with van der Waals surface area (Å²) in [7, 11) is 3.58. The molecule has 0 atom stereocenters. The molecule has 29 heavy (non-hydrogen) atoms. The molecule has 6 heteroatoms. The third-order valence-corrected chi connectivity index (χ3v) is 4.94. The second-order valence-electron chi connectivity index (χ2n) is 7.61. The third kappa shape index (κ3) is 5.49. The van der Waals surface area contributed by atoms with Crippen LogP contribution in [0.2, 0.25) is 0 Å². The fourth-order valence-electron chi connectivity index (χ4n) is 3.26. The van der Waals surface area contributed by atoms with Crippen molar-refractivity contribution < 1.29 is 9.47 Å². The monoisotopic (exact) mass is 397 g/mol. The summed E-state index contributed by atoms with van der Waals surface area (Å²) in [4.78, 5) is 12.0. The van der Waals surface area contributed by atoms with Crippen LogP contribution in [0.15, 0.2) is 47.3 Å². The van der Waals surface area contributed by atoms with Gasteiger partial charge in [0.1, 0.15) is 12.4 Å². The molecule has 0 unspecified atom stereocenters. The molecule has 1 heterocycles. The second kappa shape index (κ2) is 9.76. The van der Waals surface area contributed by atoms with E-state index < -0.39 is 0 Å². The Morgan fingerprint density at radius 1 is 0.966 bits per heavy atom. The first-order chi connectivity index (χ1) is 14.0. The van der Waals surface area contributed by atoms with Gasteiger partial charge in [-0.2, -0.15) is 0 Å². The molecule has 0 spiro atoms. The Morgan fingerprint density at radius 2 is 1.66 bits per heavy atom. The van der Waals surface area contributed by atoms with Crippen molar-refractivity contribution in [2.24, 2.45) is 14.1 Å². The summed E-state index contributed by atoms with van der Waals surface area (Å²) in [5, 5.41) is 3.43. The fraction of sp³-hybridized carbons (Fsp3) is 0.435. The molecule has 0 bridgehead atoms. The Hall–Kier alpha value is -2.57. The molecular formula is C23H31N3O3. The Bertz CT molecular complexity index is 987. The zero-order valence-corrected chi connectivity index (χ0v) is 17.8. The molecule has 3 aromatic rings. The van der Waals surface area contributed by atoms with Gasteiger partial charge >= 0.3 is 5.69 Å². The number of fused-ring (bicyclic) bond motifs is 1. The zero-order valence-electron chi connectivity index (χ0n) is 17.8. The average molecular weight is 398 g/mol. The van der Waals surface area contributed by atoms with Crippen LogP contribution in [-0.2, 0) is 32.0 Å². The van der Waals surface area contributed by atoms with E-state index in [0.29, 0.717) is 12.7 Å². The van der Waals surface area contributed by atoms with Crippen molar-refractivity contribution >= 4 is 11.0 Å². The number of aryl methyl sites for hydroxylation is 2. The van der Waals surface area contributed by atoms with Gasteiger partial charge in [0.25, 0.3) is 0 Å². The van der Waals surface area contributed by atoms with Gasteiger partial charge in [0, 0.05) is 27.2 Å². The molecule has 6 nitrogen and oxygen atoms in total. The van der Waals surface area contributed by atoms with Crippen molar-refractivity contribution in [2.75, 3.05) is 13.2 Å². The lowest BCUT2D eigenvalue weighted by atomic mass is 10.2. The highest BCUT2D eigenvalue weighted by molar-refractivity contribution is 5.76. The Labute approximate surface area is 172 Å². The first-order valence-corrected chi connectivity index (χ1v) is 10.1. The van der Waals surface area contributed by atoms with Crippen molar-refractivity contribution in [3.8, 4) is 5.75 Å². The van der Waals surface area contributed by atoms with Gasteiger partial charge in [-0.15, -0.1) is 0 Å². The van der Waals surface area contributed by atoms with Crippen LogP contribution in [0, 0.1) is 0 Å². The van der Waals surface area contributed by atoms with Gasteiger partial charge < -0.3 is 14.8 Å². The molecule has 0 aliphatic carbocycles. The Kier molecular flexibility index (Phi) is 7.12. The number of nitrogens with one attached hydrogen (secondary N) is 1. The summed E-state index contributed by atoms with van der Waals surface area (Å²) in [5.74, 6) is 0.834. The van der Waals surface area contributed by atoms with E-state index in [1.807, 2.05) is 30.3 Å². The topological polar surface area (TPSA) is 57.4 Å². The first-order valence-electron chi connectivity index (χ1n) is 10.1. The minimum atomic E-state index is -0.0188. The van der Waals surface area contributed by atoms with Gasteiger partial charge in [0.2, 0.25) is 0 Å². The van der Waals surface area contributed by atoms with Crippen LogP contribution in [-0.4, -0.2) is 28.4 Å². The first kappa shape index (κ1) is 21.1. The molecule has 0 radical (unpaired) electrons. The lowest BCUT2D eigenvalue weighted by molar-refractivity contribution is 0.0770. The van der Waals surface area contributed by atoms with Crippen LogP contribution < -0.4 is 15.7 Å². The molecule has 1 N–H and O–H groups in total. The highest BCUT2D eigenvalue weighted by Gasteiger charge is 2.08. The maximum atomic E-state index is 12.0. The minimum Gasteiger partial charge on any atom is -0.489 e.